The van der Waals surface area contributed by atoms with Crippen LogP contribution < -0.4 is 10.1 Å². The van der Waals surface area contributed by atoms with E-state index in [1.165, 1.54) is 0 Å². The molecule has 0 bridgehead atoms. The van der Waals surface area contributed by atoms with Crippen molar-refractivity contribution in [1.29, 1.82) is 0 Å². The van der Waals surface area contributed by atoms with Crippen molar-refractivity contribution in [2.24, 2.45) is 0 Å². The minimum atomic E-state index is -0.543. The van der Waals surface area contributed by atoms with Gasteiger partial charge in [0.2, 0.25) is 11.8 Å². The zero-order valence-electron chi connectivity index (χ0n) is 20.2. The zero-order chi connectivity index (χ0) is 24.3. The standard InChI is InChI=1S/C27H33N3O4/c1-19(31)30-16-15-29(18-24(30)20-7-6-8-21(17-20)25(32)28-2)26(33)27(13-4-5-14-27)22-9-11-23(34-3)12-10-22/h6-12,17,24H,4-5,13-16,18H2,1-3H3,(H,28,32)/t24-/m0/s1. The second-order valence-electron chi connectivity index (χ2n) is 9.20. The summed E-state index contributed by atoms with van der Waals surface area (Å²) in [5.74, 6) is 0.693. The maximum absolute atomic E-state index is 14.1. The average molecular weight is 464 g/mol. The van der Waals surface area contributed by atoms with E-state index in [1.54, 1.807) is 32.0 Å². The van der Waals surface area contributed by atoms with E-state index >= 15 is 0 Å². The van der Waals surface area contributed by atoms with E-state index in [4.69, 9.17) is 4.74 Å². The fourth-order valence-corrected chi connectivity index (χ4v) is 5.48. The first-order valence-corrected chi connectivity index (χ1v) is 11.9. The van der Waals surface area contributed by atoms with Crippen molar-refractivity contribution in [2.75, 3.05) is 33.8 Å². The van der Waals surface area contributed by atoms with Crippen LogP contribution in [0.5, 0.6) is 5.75 Å². The Bertz CT molecular complexity index is 1060. The molecule has 2 aliphatic rings. The summed E-state index contributed by atoms with van der Waals surface area (Å²) in [6, 6.07) is 14.9. The van der Waals surface area contributed by atoms with Crippen LogP contribution in [0, 0.1) is 0 Å². The molecule has 1 N–H and O–H groups in total. The van der Waals surface area contributed by atoms with E-state index in [0.717, 1.165) is 42.6 Å². The van der Waals surface area contributed by atoms with E-state index < -0.39 is 5.41 Å². The molecule has 1 aliphatic carbocycles. The molecule has 1 saturated heterocycles. The Morgan fingerprint density at radius 3 is 2.35 bits per heavy atom. The Morgan fingerprint density at radius 2 is 1.74 bits per heavy atom. The van der Waals surface area contributed by atoms with E-state index in [9.17, 15) is 14.4 Å². The number of ether oxygens (including phenoxy) is 1. The molecular weight excluding hydrogens is 430 g/mol. The van der Waals surface area contributed by atoms with Gasteiger partial charge in [0.15, 0.2) is 0 Å². The lowest BCUT2D eigenvalue weighted by molar-refractivity contribution is -0.145. The molecule has 7 heteroatoms. The zero-order valence-corrected chi connectivity index (χ0v) is 20.2. The van der Waals surface area contributed by atoms with Crippen molar-refractivity contribution < 1.29 is 19.1 Å². The van der Waals surface area contributed by atoms with Crippen LogP contribution in [0.15, 0.2) is 48.5 Å². The van der Waals surface area contributed by atoms with Gasteiger partial charge in [0.25, 0.3) is 5.91 Å². The van der Waals surface area contributed by atoms with Crippen molar-refractivity contribution in [3.05, 3.63) is 65.2 Å². The Balaban J connectivity index is 1.65. The molecule has 1 atom stereocenters. The Morgan fingerprint density at radius 1 is 1.03 bits per heavy atom. The number of benzene rings is 2. The second kappa shape index (κ2) is 9.87. The predicted molar refractivity (Wildman–Crippen MR) is 130 cm³/mol. The van der Waals surface area contributed by atoms with Gasteiger partial charge < -0.3 is 19.9 Å². The minimum Gasteiger partial charge on any atom is -0.497 e. The molecule has 1 aliphatic heterocycles. The minimum absolute atomic E-state index is 0.0341. The van der Waals surface area contributed by atoms with Gasteiger partial charge >= 0.3 is 0 Å². The second-order valence-corrected chi connectivity index (χ2v) is 9.20. The van der Waals surface area contributed by atoms with Gasteiger partial charge in [0, 0.05) is 39.2 Å². The van der Waals surface area contributed by atoms with Crippen molar-refractivity contribution in [3.63, 3.8) is 0 Å². The van der Waals surface area contributed by atoms with Crippen molar-refractivity contribution in [2.45, 2.75) is 44.1 Å². The maximum Gasteiger partial charge on any atom is 0.251 e. The highest BCUT2D eigenvalue weighted by molar-refractivity contribution is 5.94. The number of carbonyl (C=O) groups excluding carboxylic acids is 3. The third-order valence-corrected chi connectivity index (χ3v) is 7.34. The summed E-state index contributed by atoms with van der Waals surface area (Å²) in [5.41, 5.74) is 1.89. The fraction of sp³-hybridized carbons (Fsp3) is 0.444. The van der Waals surface area contributed by atoms with Crippen LogP contribution >= 0.6 is 0 Å². The summed E-state index contributed by atoms with van der Waals surface area (Å²) in [5, 5.41) is 2.65. The highest BCUT2D eigenvalue weighted by Gasteiger charge is 2.46. The largest absolute Gasteiger partial charge is 0.497 e. The van der Waals surface area contributed by atoms with Crippen LogP contribution in [0.2, 0.25) is 0 Å². The summed E-state index contributed by atoms with van der Waals surface area (Å²) in [6.45, 7) is 2.94. The predicted octanol–water partition coefficient (Wildman–Crippen LogP) is 3.30. The lowest BCUT2D eigenvalue weighted by Crippen LogP contribution is -2.56. The quantitative estimate of drug-likeness (QED) is 0.738. The van der Waals surface area contributed by atoms with Crippen LogP contribution in [-0.4, -0.2) is 61.3 Å². The van der Waals surface area contributed by atoms with Crippen molar-refractivity contribution in [1.82, 2.24) is 15.1 Å². The molecule has 3 amide bonds. The monoisotopic (exact) mass is 463 g/mol. The molecule has 2 aromatic carbocycles. The molecular formula is C27H33N3O4. The maximum atomic E-state index is 14.1. The van der Waals surface area contributed by atoms with E-state index in [-0.39, 0.29) is 23.8 Å². The molecule has 7 nitrogen and oxygen atoms in total. The Kier molecular flexibility index (Phi) is 6.91. The summed E-state index contributed by atoms with van der Waals surface area (Å²) in [6.07, 6.45) is 3.68. The van der Waals surface area contributed by atoms with Gasteiger partial charge in [-0.15, -0.1) is 0 Å². The molecule has 2 fully saturated rings. The molecule has 1 saturated carbocycles. The highest BCUT2D eigenvalue weighted by atomic mass is 16.5. The van der Waals surface area contributed by atoms with Gasteiger partial charge in [-0.1, -0.05) is 37.1 Å². The fourth-order valence-electron chi connectivity index (χ4n) is 5.48. The molecule has 4 rings (SSSR count). The van der Waals surface area contributed by atoms with Crippen LogP contribution in [-0.2, 0) is 15.0 Å². The molecule has 0 spiro atoms. The number of methoxy groups -OCH3 is 1. The third kappa shape index (κ3) is 4.39. The number of hydrogen-bond donors (Lipinski definition) is 1. The van der Waals surface area contributed by atoms with Gasteiger partial charge in [0.1, 0.15) is 5.75 Å². The Hall–Kier alpha value is -3.35. The number of nitrogens with one attached hydrogen (secondary N) is 1. The molecule has 0 aromatic heterocycles. The highest BCUT2D eigenvalue weighted by Crippen LogP contribution is 2.44. The van der Waals surface area contributed by atoms with Gasteiger partial charge in [-0.05, 0) is 48.2 Å². The molecule has 180 valence electrons. The van der Waals surface area contributed by atoms with Gasteiger partial charge in [-0.2, -0.15) is 0 Å². The van der Waals surface area contributed by atoms with Crippen LogP contribution in [0.4, 0.5) is 0 Å². The first-order valence-electron chi connectivity index (χ1n) is 11.9. The van der Waals surface area contributed by atoms with Gasteiger partial charge in [0.05, 0.1) is 18.6 Å². The first kappa shape index (κ1) is 23.8. The summed E-state index contributed by atoms with van der Waals surface area (Å²) < 4.78 is 5.31. The van der Waals surface area contributed by atoms with Crippen molar-refractivity contribution >= 4 is 17.7 Å². The number of amides is 3. The summed E-state index contributed by atoms with van der Waals surface area (Å²) >= 11 is 0. The lowest BCUT2D eigenvalue weighted by atomic mass is 9.77. The number of nitrogens with zero attached hydrogens (tertiary/aromatic N) is 2. The first-order chi connectivity index (χ1) is 16.4. The van der Waals surface area contributed by atoms with Gasteiger partial charge in [-0.3, -0.25) is 14.4 Å². The number of hydrogen-bond acceptors (Lipinski definition) is 4. The summed E-state index contributed by atoms with van der Waals surface area (Å²) in [4.78, 5) is 42.5. The lowest BCUT2D eigenvalue weighted by Gasteiger charge is -2.44. The molecule has 2 aromatic rings. The number of piperazine rings is 1. The third-order valence-electron chi connectivity index (χ3n) is 7.34. The SMILES string of the molecule is CNC(=O)c1cccc([C@@H]2CN(C(=O)C3(c4ccc(OC)cc4)CCCC3)CCN2C(C)=O)c1. The summed E-state index contributed by atoms with van der Waals surface area (Å²) in [7, 11) is 3.23. The number of rotatable bonds is 5. The number of carbonyl (C=O) groups is 3. The molecule has 1 heterocycles. The van der Waals surface area contributed by atoms with Gasteiger partial charge in [-0.25, -0.2) is 0 Å². The van der Waals surface area contributed by atoms with Crippen LogP contribution in [0.25, 0.3) is 0 Å². The smallest absolute Gasteiger partial charge is 0.251 e. The van der Waals surface area contributed by atoms with E-state index in [2.05, 4.69) is 5.32 Å². The van der Waals surface area contributed by atoms with Crippen LogP contribution in [0.3, 0.4) is 0 Å². The molecule has 34 heavy (non-hydrogen) atoms. The van der Waals surface area contributed by atoms with Crippen molar-refractivity contribution in [3.8, 4) is 5.75 Å². The average Bonchev–Trinajstić information content (AvgIpc) is 3.38. The Labute approximate surface area is 201 Å². The van der Waals surface area contributed by atoms with E-state index in [1.807, 2.05) is 47.4 Å². The normalized spacial score (nSPS) is 19.6. The molecule has 0 radical (unpaired) electrons. The van der Waals surface area contributed by atoms with E-state index in [0.29, 0.717) is 25.2 Å². The van der Waals surface area contributed by atoms with Crippen LogP contribution in [0.1, 0.15) is 60.1 Å². The molecule has 0 unspecified atom stereocenters. The topological polar surface area (TPSA) is 79.0 Å².